The lowest BCUT2D eigenvalue weighted by atomic mass is 10.1. The number of hydrogen-bond acceptors (Lipinski definition) is 4. The van der Waals surface area contributed by atoms with Crippen molar-refractivity contribution in [3.63, 3.8) is 0 Å². The fourth-order valence-electron chi connectivity index (χ4n) is 1.90. The first-order valence-electron chi connectivity index (χ1n) is 5.71. The van der Waals surface area contributed by atoms with Gasteiger partial charge in [-0.2, -0.15) is 0 Å². The van der Waals surface area contributed by atoms with Gasteiger partial charge in [-0.3, -0.25) is 9.69 Å². The Bertz CT molecular complexity index is 443. The normalized spacial score (nSPS) is 22.8. The highest BCUT2D eigenvalue weighted by Gasteiger charge is 2.38. The molecule has 1 amide bonds. The molecule has 5 heteroatoms. The second-order valence-electron chi connectivity index (χ2n) is 4.20. The van der Waals surface area contributed by atoms with Crippen molar-refractivity contribution in [2.75, 3.05) is 7.11 Å². The van der Waals surface area contributed by atoms with E-state index in [1.807, 2.05) is 24.3 Å². The molecule has 0 unspecified atom stereocenters. The van der Waals surface area contributed by atoms with Gasteiger partial charge >= 0.3 is 6.09 Å². The molecule has 2 atom stereocenters. The van der Waals surface area contributed by atoms with Gasteiger partial charge in [0.15, 0.2) is 12.4 Å². The van der Waals surface area contributed by atoms with Crippen LogP contribution in [0.15, 0.2) is 24.3 Å². The maximum absolute atomic E-state index is 11.6. The Morgan fingerprint density at radius 2 is 2.06 bits per heavy atom. The van der Waals surface area contributed by atoms with E-state index >= 15 is 0 Å². The summed E-state index contributed by atoms with van der Waals surface area (Å²) in [7, 11) is 1.60. The minimum atomic E-state index is -0.671. The maximum Gasteiger partial charge on any atom is 0.411 e. The van der Waals surface area contributed by atoms with Crippen molar-refractivity contribution in [2.24, 2.45) is 0 Å². The summed E-state index contributed by atoms with van der Waals surface area (Å²) in [6, 6.07) is 7.19. The zero-order valence-corrected chi connectivity index (χ0v) is 10.3. The van der Waals surface area contributed by atoms with Crippen LogP contribution in [0.25, 0.3) is 0 Å². The SMILES string of the molecule is COc1ccc(CN2C(=O)O[C@H](C=O)[C@@H]2C)cc1. The molecule has 1 aromatic carbocycles. The summed E-state index contributed by atoms with van der Waals surface area (Å²) in [5.74, 6) is 0.765. The fraction of sp³-hybridized carbons (Fsp3) is 0.385. The molecule has 96 valence electrons. The first-order valence-corrected chi connectivity index (χ1v) is 5.71. The molecule has 1 aromatic rings. The Hall–Kier alpha value is -2.04. The molecule has 0 aliphatic carbocycles. The lowest BCUT2D eigenvalue weighted by Gasteiger charge is -2.19. The second-order valence-corrected chi connectivity index (χ2v) is 4.20. The van der Waals surface area contributed by atoms with Gasteiger partial charge in [0, 0.05) is 6.54 Å². The van der Waals surface area contributed by atoms with Gasteiger partial charge < -0.3 is 9.47 Å². The second kappa shape index (κ2) is 5.08. The van der Waals surface area contributed by atoms with Crippen molar-refractivity contribution >= 4 is 12.4 Å². The Labute approximate surface area is 105 Å². The van der Waals surface area contributed by atoms with Gasteiger partial charge in [0.1, 0.15) is 5.75 Å². The van der Waals surface area contributed by atoms with Crippen LogP contribution in [-0.4, -0.2) is 36.5 Å². The lowest BCUT2D eigenvalue weighted by molar-refractivity contribution is -0.114. The van der Waals surface area contributed by atoms with Crippen molar-refractivity contribution in [3.05, 3.63) is 29.8 Å². The minimum Gasteiger partial charge on any atom is -0.497 e. The van der Waals surface area contributed by atoms with Gasteiger partial charge in [0.2, 0.25) is 0 Å². The predicted molar refractivity (Wildman–Crippen MR) is 64.3 cm³/mol. The van der Waals surface area contributed by atoms with Crippen molar-refractivity contribution in [1.82, 2.24) is 4.90 Å². The van der Waals surface area contributed by atoms with Crippen molar-refractivity contribution < 1.29 is 19.1 Å². The number of methoxy groups -OCH3 is 1. The number of amides is 1. The molecule has 1 aliphatic rings. The van der Waals surface area contributed by atoms with E-state index in [1.165, 1.54) is 0 Å². The number of carbonyl (C=O) groups is 2. The average Bonchev–Trinajstić information content (AvgIpc) is 2.67. The Morgan fingerprint density at radius 3 is 2.56 bits per heavy atom. The van der Waals surface area contributed by atoms with Crippen molar-refractivity contribution in [1.29, 1.82) is 0 Å². The summed E-state index contributed by atoms with van der Waals surface area (Å²) in [5, 5.41) is 0. The van der Waals surface area contributed by atoms with Gasteiger partial charge in [0.25, 0.3) is 0 Å². The highest BCUT2D eigenvalue weighted by Crippen LogP contribution is 2.21. The molecule has 0 saturated carbocycles. The Kier molecular flexibility index (Phi) is 3.50. The van der Waals surface area contributed by atoms with Gasteiger partial charge in [-0.1, -0.05) is 12.1 Å². The van der Waals surface area contributed by atoms with E-state index in [-0.39, 0.29) is 6.04 Å². The zero-order valence-electron chi connectivity index (χ0n) is 10.3. The predicted octanol–water partition coefficient (Wildman–Crippen LogP) is 1.60. The third-order valence-electron chi connectivity index (χ3n) is 3.08. The van der Waals surface area contributed by atoms with Crippen LogP contribution in [0, 0.1) is 0 Å². The number of nitrogens with zero attached hydrogens (tertiary/aromatic N) is 1. The van der Waals surface area contributed by atoms with Gasteiger partial charge in [0.05, 0.1) is 13.2 Å². The first kappa shape index (κ1) is 12.4. The number of cyclic esters (lactones) is 1. The van der Waals surface area contributed by atoms with E-state index < -0.39 is 12.2 Å². The molecule has 0 bridgehead atoms. The summed E-state index contributed by atoms with van der Waals surface area (Å²) in [6.07, 6.45) is -0.456. The molecule has 2 rings (SSSR count). The van der Waals surface area contributed by atoms with Gasteiger partial charge in [-0.15, -0.1) is 0 Å². The summed E-state index contributed by atoms with van der Waals surface area (Å²) >= 11 is 0. The number of ether oxygens (including phenoxy) is 2. The van der Waals surface area contributed by atoms with E-state index in [2.05, 4.69) is 0 Å². The third-order valence-corrected chi connectivity index (χ3v) is 3.08. The monoisotopic (exact) mass is 249 g/mol. The third kappa shape index (κ3) is 2.30. The molecule has 0 N–H and O–H groups in total. The summed E-state index contributed by atoms with van der Waals surface area (Å²) < 4.78 is 10.0. The topological polar surface area (TPSA) is 55.8 Å². The number of benzene rings is 1. The number of aldehydes is 1. The minimum absolute atomic E-state index is 0.239. The molecular weight excluding hydrogens is 234 g/mol. The maximum atomic E-state index is 11.6. The molecule has 1 aliphatic heterocycles. The van der Waals surface area contributed by atoms with Gasteiger partial charge in [-0.25, -0.2) is 4.79 Å². The van der Waals surface area contributed by atoms with E-state index in [0.29, 0.717) is 12.8 Å². The van der Waals surface area contributed by atoms with E-state index in [1.54, 1.807) is 18.9 Å². The summed E-state index contributed by atoms with van der Waals surface area (Å²) in [5.41, 5.74) is 0.964. The number of rotatable bonds is 4. The molecule has 0 radical (unpaired) electrons. The Balaban J connectivity index is 2.08. The van der Waals surface area contributed by atoms with Crippen LogP contribution in [0.5, 0.6) is 5.75 Å². The molecule has 1 heterocycles. The molecule has 1 saturated heterocycles. The standard InChI is InChI=1S/C13H15NO4/c1-9-12(8-15)18-13(16)14(9)7-10-3-5-11(17-2)6-4-10/h3-6,8-9,12H,7H2,1-2H3/t9-,12+/m0/s1. The van der Waals surface area contributed by atoms with Crippen LogP contribution in [0.1, 0.15) is 12.5 Å². The van der Waals surface area contributed by atoms with Crippen LogP contribution < -0.4 is 4.74 Å². The van der Waals surface area contributed by atoms with Crippen LogP contribution in [0.2, 0.25) is 0 Å². The smallest absolute Gasteiger partial charge is 0.411 e. The van der Waals surface area contributed by atoms with E-state index in [0.717, 1.165) is 11.3 Å². The number of hydrogen-bond donors (Lipinski definition) is 0. The fourth-order valence-corrected chi connectivity index (χ4v) is 1.90. The molecule has 0 aromatic heterocycles. The quantitative estimate of drug-likeness (QED) is 0.761. The highest BCUT2D eigenvalue weighted by molar-refractivity contribution is 5.76. The van der Waals surface area contributed by atoms with Crippen molar-refractivity contribution in [3.8, 4) is 5.75 Å². The largest absolute Gasteiger partial charge is 0.497 e. The van der Waals surface area contributed by atoms with Crippen LogP contribution >= 0.6 is 0 Å². The van der Waals surface area contributed by atoms with E-state index in [9.17, 15) is 9.59 Å². The zero-order chi connectivity index (χ0) is 13.1. The van der Waals surface area contributed by atoms with Crippen molar-refractivity contribution in [2.45, 2.75) is 25.6 Å². The van der Waals surface area contributed by atoms with E-state index in [4.69, 9.17) is 9.47 Å². The molecule has 0 spiro atoms. The van der Waals surface area contributed by atoms with Crippen LogP contribution in [0.4, 0.5) is 4.79 Å². The summed E-state index contributed by atoms with van der Waals surface area (Å²) in [6.45, 7) is 2.22. The summed E-state index contributed by atoms with van der Waals surface area (Å²) in [4.78, 5) is 23.9. The molecule has 1 fully saturated rings. The lowest BCUT2D eigenvalue weighted by Crippen LogP contribution is -2.34. The molecular formula is C13H15NO4. The van der Waals surface area contributed by atoms with Gasteiger partial charge in [-0.05, 0) is 24.6 Å². The number of carbonyl (C=O) groups excluding carboxylic acids is 2. The highest BCUT2D eigenvalue weighted by atomic mass is 16.6. The average molecular weight is 249 g/mol. The first-order chi connectivity index (χ1) is 8.65. The molecule has 18 heavy (non-hydrogen) atoms. The van der Waals surface area contributed by atoms with Crippen LogP contribution in [-0.2, 0) is 16.1 Å². The Morgan fingerprint density at radius 1 is 1.39 bits per heavy atom. The molecule has 5 nitrogen and oxygen atoms in total. The van der Waals surface area contributed by atoms with Crippen LogP contribution in [0.3, 0.4) is 0 Å².